The molecule has 1 aliphatic rings. The normalized spacial score (nSPS) is 20.0. The van der Waals surface area contributed by atoms with E-state index in [1.54, 1.807) is 12.4 Å². The van der Waals surface area contributed by atoms with Gasteiger partial charge in [-0.15, -0.1) is 0 Å². The zero-order valence-electron chi connectivity index (χ0n) is 14.8. The van der Waals surface area contributed by atoms with Gasteiger partial charge in [-0.05, 0) is 55.9 Å². The topological polar surface area (TPSA) is 54.5 Å². The molecular formula is C20H25N3O2. The molecule has 5 heteroatoms. The summed E-state index contributed by atoms with van der Waals surface area (Å²) in [7, 11) is 4.06. The van der Waals surface area contributed by atoms with E-state index >= 15 is 0 Å². The van der Waals surface area contributed by atoms with Crippen molar-refractivity contribution < 1.29 is 9.53 Å². The molecule has 2 heterocycles. The average molecular weight is 339 g/mol. The molecule has 5 nitrogen and oxygen atoms in total. The first kappa shape index (κ1) is 17.6. The summed E-state index contributed by atoms with van der Waals surface area (Å²) in [5.74, 6) is 0.256. The summed E-state index contributed by atoms with van der Waals surface area (Å²) < 4.78 is 5.61. The van der Waals surface area contributed by atoms with Gasteiger partial charge in [-0.2, -0.15) is 0 Å². The van der Waals surface area contributed by atoms with Gasteiger partial charge in [0.1, 0.15) is 0 Å². The lowest BCUT2D eigenvalue weighted by atomic mass is 9.95. The number of benzene rings is 1. The lowest BCUT2D eigenvalue weighted by Crippen LogP contribution is -2.40. The monoisotopic (exact) mass is 339 g/mol. The van der Waals surface area contributed by atoms with Crippen LogP contribution < -0.4 is 5.32 Å². The van der Waals surface area contributed by atoms with Crippen LogP contribution in [0.1, 0.15) is 21.5 Å². The second kappa shape index (κ2) is 8.23. The Morgan fingerprint density at radius 1 is 1.12 bits per heavy atom. The van der Waals surface area contributed by atoms with E-state index in [1.165, 1.54) is 11.1 Å². The van der Waals surface area contributed by atoms with Crippen molar-refractivity contribution in [2.75, 3.05) is 27.3 Å². The number of amides is 1. The molecule has 1 N–H and O–H groups in total. The Hall–Kier alpha value is -2.24. The number of carbonyl (C=O) groups is 1. The molecule has 2 atom stereocenters. The molecule has 1 aromatic carbocycles. The minimum absolute atomic E-state index is 0.0355. The third-order valence-corrected chi connectivity index (χ3v) is 4.48. The van der Waals surface area contributed by atoms with Crippen molar-refractivity contribution in [1.82, 2.24) is 15.2 Å². The molecule has 1 aromatic heterocycles. The van der Waals surface area contributed by atoms with Crippen LogP contribution in [0.2, 0.25) is 0 Å². The van der Waals surface area contributed by atoms with Crippen molar-refractivity contribution in [3.05, 3.63) is 65.5 Å². The number of nitrogens with one attached hydrogen (secondary N) is 1. The van der Waals surface area contributed by atoms with E-state index in [0.717, 1.165) is 13.0 Å². The maximum Gasteiger partial charge on any atom is 0.251 e. The van der Waals surface area contributed by atoms with Crippen molar-refractivity contribution >= 4 is 5.91 Å². The van der Waals surface area contributed by atoms with Crippen LogP contribution in [-0.4, -0.2) is 49.1 Å². The van der Waals surface area contributed by atoms with Crippen LogP contribution in [0.4, 0.5) is 0 Å². The van der Waals surface area contributed by atoms with Crippen molar-refractivity contribution in [2.24, 2.45) is 5.92 Å². The van der Waals surface area contributed by atoms with Crippen molar-refractivity contribution in [3.8, 4) is 0 Å². The first-order valence-electron chi connectivity index (χ1n) is 8.63. The molecule has 0 bridgehead atoms. The van der Waals surface area contributed by atoms with E-state index < -0.39 is 0 Å². The van der Waals surface area contributed by atoms with Crippen LogP contribution in [-0.2, 0) is 17.7 Å². The number of aromatic nitrogens is 1. The minimum atomic E-state index is -0.0355. The molecule has 1 amide bonds. The molecule has 1 fully saturated rings. The maximum absolute atomic E-state index is 12.5. The van der Waals surface area contributed by atoms with E-state index in [1.807, 2.05) is 50.5 Å². The second-order valence-corrected chi connectivity index (χ2v) is 6.87. The molecule has 3 rings (SSSR count). The van der Waals surface area contributed by atoms with Crippen LogP contribution in [0.15, 0.2) is 48.8 Å². The standard InChI is InChI=1S/C20H25N3O2/c1-23(2)12-16-3-5-17(6-4-16)20(24)22-19-14-25-13-18(19)11-15-7-9-21-10-8-15/h3-10,18-19H,11-14H2,1-2H3,(H,22,24)/t18-,19-/m1/s1. The third kappa shape index (κ3) is 4.87. The quantitative estimate of drug-likeness (QED) is 0.876. The van der Waals surface area contributed by atoms with Crippen LogP contribution in [0.5, 0.6) is 0 Å². The second-order valence-electron chi connectivity index (χ2n) is 6.87. The highest BCUT2D eigenvalue weighted by Crippen LogP contribution is 2.19. The van der Waals surface area contributed by atoms with Gasteiger partial charge in [-0.25, -0.2) is 0 Å². The van der Waals surface area contributed by atoms with E-state index in [4.69, 9.17) is 4.74 Å². The average Bonchev–Trinajstić information content (AvgIpc) is 3.02. The number of ether oxygens (including phenoxy) is 1. The Kier molecular flexibility index (Phi) is 5.79. The van der Waals surface area contributed by atoms with Gasteiger partial charge in [-0.3, -0.25) is 9.78 Å². The molecule has 132 valence electrons. The molecular weight excluding hydrogens is 314 g/mol. The lowest BCUT2D eigenvalue weighted by Gasteiger charge is -2.19. The van der Waals surface area contributed by atoms with Crippen LogP contribution in [0.3, 0.4) is 0 Å². The summed E-state index contributed by atoms with van der Waals surface area (Å²) >= 11 is 0. The van der Waals surface area contributed by atoms with Gasteiger partial charge in [0, 0.05) is 30.4 Å². The third-order valence-electron chi connectivity index (χ3n) is 4.48. The molecule has 2 aromatic rings. The first-order valence-corrected chi connectivity index (χ1v) is 8.63. The summed E-state index contributed by atoms with van der Waals surface area (Å²) in [6.45, 7) is 2.11. The van der Waals surface area contributed by atoms with Crippen molar-refractivity contribution in [2.45, 2.75) is 19.0 Å². The number of pyridine rings is 1. The number of carbonyl (C=O) groups excluding carboxylic acids is 1. The van der Waals surface area contributed by atoms with Gasteiger partial charge in [0.05, 0.1) is 19.3 Å². The van der Waals surface area contributed by atoms with Gasteiger partial charge in [0.25, 0.3) is 5.91 Å². The highest BCUT2D eigenvalue weighted by molar-refractivity contribution is 5.94. The molecule has 1 saturated heterocycles. The summed E-state index contributed by atoms with van der Waals surface area (Å²) in [6.07, 6.45) is 4.48. The van der Waals surface area contributed by atoms with E-state index in [-0.39, 0.29) is 11.9 Å². The van der Waals surface area contributed by atoms with Crippen molar-refractivity contribution in [3.63, 3.8) is 0 Å². The minimum Gasteiger partial charge on any atom is -0.379 e. The summed E-state index contributed by atoms with van der Waals surface area (Å²) in [6, 6.07) is 11.9. The fourth-order valence-corrected chi connectivity index (χ4v) is 3.16. The molecule has 0 saturated carbocycles. The van der Waals surface area contributed by atoms with Crippen LogP contribution in [0, 0.1) is 5.92 Å². The highest BCUT2D eigenvalue weighted by atomic mass is 16.5. The van der Waals surface area contributed by atoms with Gasteiger partial charge in [0.15, 0.2) is 0 Å². The Labute approximate surface area is 149 Å². The smallest absolute Gasteiger partial charge is 0.251 e. The predicted molar refractivity (Wildman–Crippen MR) is 97.3 cm³/mol. The summed E-state index contributed by atoms with van der Waals surface area (Å²) in [5, 5.41) is 3.14. The number of hydrogen-bond acceptors (Lipinski definition) is 4. The van der Waals surface area contributed by atoms with Gasteiger partial charge in [0.2, 0.25) is 0 Å². The number of hydrogen-bond donors (Lipinski definition) is 1. The van der Waals surface area contributed by atoms with E-state index in [0.29, 0.717) is 24.7 Å². The fraction of sp³-hybridized carbons (Fsp3) is 0.400. The zero-order valence-corrected chi connectivity index (χ0v) is 14.8. The lowest BCUT2D eigenvalue weighted by molar-refractivity contribution is 0.0925. The number of rotatable bonds is 6. The van der Waals surface area contributed by atoms with Crippen LogP contribution in [0.25, 0.3) is 0 Å². The molecule has 0 aliphatic carbocycles. The largest absolute Gasteiger partial charge is 0.379 e. The Morgan fingerprint density at radius 2 is 1.84 bits per heavy atom. The van der Waals surface area contributed by atoms with Crippen molar-refractivity contribution in [1.29, 1.82) is 0 Å². The Bertz CT molecular complexity index is 686. The van der Waals surface area contributed by atoms with Gasteiger partial charge in [-0.1, -0.05) is 12.1 Å². The molecule has 0 spiro atoms. The summed E-state index contributed by atoms with van der Waals surface area (Å²) in [4.78, 5) is 18.7. The Balaban J connectivity index is 1.59. The zero-order chi connectivity index (χ0) is 17.6. The molecule has 25 heavy (non-hydrogen) atoms. The van der Waals surface area contributed by atoms with Gasteiger partial charge >= 0.3 is 0 Å². The van der Waals surface area contributed by atoms with E-state index in [2.05, 4.69) is 15.2 Å². The van der Waals surface area contributed by atoms with Gasteiger partial charge < -0.3 is 15.0 Å². The predicted octanol–water partition coefficient (Wildman–Crippen LogP) is 2.13. The Morgan fingerprint density at radius 3 is 2.52 bits per heavy atom. The number of nitrogens with zero attached hydrogens (tertiary/aromatic N) is 2. The molecule has 0 radical (unpaired) electrons. The molecule has 1 aliphatic heterocycles. The summed E-state index contributed by atoms with van der Waals surface area (Å²) in [5.41, 5.74) is 3.11. The fourth-order valence-electron chi connectivity index (χ4n) is 3.16. The van der Waals surface area contributed by atoms with E-state index in [9.17, 15) is 4.79 Å². The first-order chi connectivity index (χ1) is 12.1. The molecule has 0 unspecified atom stereocenters. The highest BCUT2D eigenvalue weighted by Gasteiger charge is 2.29. The van der Waals surface area contributed by atoms with Crippen LogP contribution >= 0.6 is 0 Å². The maximum atomic E-state index is 12.5. The SMILES string of the molecule is CN(C)Cc1ccc(C(=O)N[C@@H]2COC[C@H]2Cc2ccncc2)cc1.